The summed E-state index contributed by atoms with van der Waals surface area (Å²) in [6.07, 6.45) is 0. The largest absolute Gasteiger partial charge is 0.465 e. The van der Waals surface area contributed by atoms with Crippen molar-refractivity contribution < 1.29 is 14.3 Å². The molecule has 7 heteroatoms. The molecule has 1 aliphatic heterocycles. The minimum Gasteiger partial charge on any atom is -0.465 e. The predicted molar refractivity (Wildman–Crippen MR) is 111 cm³/mol. The first kappa shape index (κ1) is 18.4. The van der Waals surface area contributed by atoms with Gasteiger partial charge in [-0.25, -0.2) is 9.59 Å². The second-order valence-electron chi connectivity index (χ2n) is 5.99. The number of anilines is 3. The van der Waals surface area contributed by atoms with Crippen LogP contribution >= 0.6 is 23.4 Å². The van der Waals surface area contributed by atoms with Crippen molar-refractivity contribution in [3.05, 3.63) is 77.3 Å². The van der Waals surface area contributed by atoms with Gasteiger partial charge in [-0.2, -0.15) is 0 Å². The number of methoxy groups -OCH3 is 1. The number of hydrogen-bond acceptors (Lipinski definition) is 4. The van der Waals surface area contributed by atoms with Crippen LogP contribution in [0.15, 0.2) is 76.5 Å². The summed E-state index contributed by atoms with van der Waals surface area (Å²) in [5.41, 5.74) is 2.23. The Morgan fingerprint density at radius 1 is 0.964 bits per heavy atom. The summed E-state index contributed by atoms with van der Waals surface area (Å²) in [5, 5.41) is 3.11. The molecule has 0 aromatic heterocycles. The van der Waals surface area contributed by atoms with E-state index in [0.717, 1.165) is 21.2 Å². The standard InChI is InChI=1S/C21H15ClN2O3S/c1-27-20(25)14-12-13(10-11-15(14)22)23-21(26)24-16-6-2-4-8-18(16)28-19-9-5-3-7-17(19)24/h2-12H,1H3,(H,23,26). The minimum atomic E-state index is -0.564. The van der Waals surface area contributed by atoms with Crippen LogP contribution in [0.2, 0.25) is 5.02 Å². The quantitative estimate of drug-likeness (QED) is 0.529. The zero-order valence-electron chi connectivity index (χ0n) is 14.8. The molecule has 0 aliphatic carbocycles. The number of carbonyl (C=O) groups excluding carboxylic acids is 2. The monoisotopic (exact) mass is 410 g/mol. The SMILES string of the molecule is COC(=O)c1cc(NC(=O)N2c3ccccc3Sc3ccccc32)ccc1Cl. The van der Waals surface area contributed by atoms with Crippen molar-refractivity contribution in [1.82, 2.24) is 0 Å². The fourth-order valence-electron chi connectivity index (χ4n) is 2.97. The summed E-state index contributed by atoms with van der Waals surface area (Å²) in [6.45, 7) is 0. The van der Waals surface area contributed by atoms with Crippen molar-refractivity contribution in [3.8, 4) is 0 Å². The summed E-state index contributed by atoms with van der Waals surface area (Å²) in [4.78, 5) is 28.7. The Labute approximate surface area is 171 Å². The third-order valence-electron chi connectivity index (χ3n) is 4.26. The van der Waals surface area contributed by atoms with E-state index in [4.69, 9.17) is 16.3 Å². The number of hydrogen-bond donors (Lipinski definition) is 1. The van der Waals surface area contributed by atoms with Crippen molar-refractivity contribution in [3.63, 3.8) is 0 Å². The van der Waals surface area contributed by atoms with E-state index in [9.17, 15) is 9.59 Å². The summed E-state index contributed by atoms with van der Waals surface area (Å²) in [6, 6.07) is 19.8. The van der Waals surface area contributed by atoms with Crippen molar-refractivity contribution in [1.29, 1.82) is 0 Å². The van der Waals surface area contributed by atoms with Crippen molar-refractivity contribution >= 4 is 52.4 Å². The molecule has 2 amide bonds. The van der Waals surface area contributed by atoms with Gasteiger partial charge in [0.25, 0.3) is 0 Å². The lowest BCUT2D eigenvalue weighted by atomic mass is 10.2. The van der Waals surface area contributed by atoms with Gasteiger partial charge in [-0.15, -0.1) is 0 Å². The van der Waals surface area contributed by atoms with Crippen LogP contribution < -0.4 is 10.2 Å². The smallest absolute Gasteiger partial charge is 0.339 e. The molecule has 1 N–H and O–H groups in total. The second-order valence-corrected chi connectivity index (χ2v) is 7.48. The van der Waals surface area contributed by atoms with E-state index >= 15 is 0 Å². The molecule has 0 saturated heterocycles. The van der Waals surface area contributed by atoms with Gasteiger partial charge < -0.3 is 10.1 Å². The molecule has 0 bridgehead atoms. The van der Waals surface area contributed by atoms with Gasteiger partial charge in [0.2, 0.25) is 0 Å². The first-order valence-electron chi connectivity index (χ1n) is 8.43. The predicted octanol–water partition coefficient (Wildman–Crippen LogP) is 5.96. The Morgan fingerprint density at radius 2 is 1.57 bits per heavy atom. The van der Waals surface area contributed by atoms with E-state index < -0.39 is 5.97 Å². The highest BCUT2D eigenvalue weighted by atomic mass is 35.5. The maximum absolute atomic E-state index is 13.2. The van der Waals surface area contributed by atoms with Gasteiger partial charge in [0.15, 0.2) is 0 Å². The molecule has 0 saturated carbocycles. The van der Waals surface area contributed by atoms with Gasteiger partial charge in [0.1, 0.15) is 0 Å². The number of nitrogens with one attached hydrogen (secondary N) is 1. The highest BCUT2D eigenvalue weighted by Crippen LogP contribution is 2.48. The Morgan fingerprint density at radius 3 is 2.18 bits per heavy atom. The van der Waals surface area contributed by atoms with E-state index in [2.05, 4.69) is 5.32 Å². The number of urea groups is 1. The van der Waals surface area contributed by atoms with Gasteiger partial charge in [0.05, 0.1) is 29.1 Å². The number of rotatable bonds is 2. The molecule has 140 valence electrons. The van der Waals surface area contributed by atoms with Crippen LogP contribution in [0.1, 0.15) is 10.4 Å². The topological polar surface area (TPSA) is 58.6 Å². The minimum absolute atomic E-state index is 0.192. The first-order valence-corrected chi connectivity index (χ1v) is 9.63. The number of benzene rings is 3. The Hall–Kier alpha value is -2.96. The van der Waals surface area contributed by atoms with Crippen molar-refractivity contribution in [2.45, 2.75) is 9.79 Å². The number of halogens is 1. The fraction of sp³-hybridized carbons (Fsp3) is 0.0476. The lowest BCUT2D eigenvalue weighted by Gasteiger charge is -2.31. The van der Waals surface area contributed by atoms with E-state index in [1.54, 1.807) is 28.8 Å². The summed E-state index contributed by atoms with van der Waals surface area (Å²) in [7, 11) is 1.28. The molecular weight excluding hydrogens is 396 g/mol. The molecule has 0 spiro atoms. The highest BCUT2D eigenvalue weighted by Gasteiger charge is 2.28. The van der Waals surface area contributed by atoms with Crippen LogP contribution in [0.25, 0.3) is 0 Å². The average molecular weight is 411 g/mol. The molecule has 0 radical (unpaired) electrons. The van der Waals surface area contributed by atoms with Crippen LogP contribution in [-0.2, 0) is 4.74 Å². The number of amides is 2. The highest BCUT2D eigenvalue weighted by molar-refractivity contribution is 7.99. The molecule has 0 atom stereocenters. The van der Waals surface area contributed by atoms with Crippen LogP contribution in [0, 0.1) is 0 Å². The second kappa shape index (κ2) is 7.58. The summed E-state index contributed by atoms with van der Waals surface area (Å²) >= 11 is 7.68. The maximum atomic E-state index is 13.2. The van der Waals surface area contributed by atoms with Gasteiger partial charge in [-0.1, -0.05) is 47.6 Å². The number of carbonyl (C=O) groups is 2. The molecule has 3 aromatic rings. The molecule has 28 heavy (non-hydrogen) atoms. The summed E-state index contributed by atoms with van der Waals surface area (Å²) < 4.78 is 4.74. The molecule has 0 unspecified atom stereocenters. The number of esters is 1. The lowest BCUT2D eigenvalue weighted by Crippen LogP contribution is -2.32. The Kier molecular flexibility index (Phi) is 4.98. The molecular formula is C21H15ClN2O3S. The Balaban J connectivity index is 1.71. The lowest BCUT2D eigenvalue weighted by molar-refractivity contribution is 0.0601. The van der Waals surface area contributed by atoms with Gasteiger partial charge in [0, 0.05) is 15.5 Å². The third kappa shape index (κ3) is 3.32. The number of nitrogens with zero attached hydrogens (tertiary/aromatic N) is 1. The van der Waals surface area contributed by atoms with Crippen LogP contribution in [0.5, 0.6) is 0 Å². The molecule has 4 rings (SSSR count). The van der Waals surface area contributed by atoms with E-state index in [1.165, 1.54) is 13.2 Å². The van der Waals surface area contributed by atoms with Crippen LogP contribution in [0.3, 0.4) is 0 Å². The fourth-order valence-corrected chi connectivity index (χ4v) is 4.22. The maximum Gasteiger partial charge on any atom is 0.339 e. The zero-order chi connectivity index (χ0) is 19.7. The normalized spacial score (nSPS) is 12.0. The van der Waals surface area contributed by atoms with Gasteiger partial charge in [-0.3, -0.25) is 4.90 Å². The number of fused-ring (bicyclic) bond motifs is 2. The van der Waals surface area contributed by atoms with Crippen molar-refractivity contribution in [2.75, 3.05) is 17.3 Å². The van der Waals surface area contributed by atoms with Crippen LogP contribution in [0.4, 0.5) is 21.9 Å². The van der Waals surface area contributed by atoms with E-state index in [-0.39, 0.29) is 16.6 Å². The van der Waals surface area contributed by atoms with Crippen LogP contribution in [-0.4, -0.2) is 19.1 Å². The average Bonchev–Trinajstić information content (AvgIpc) is 2.72. The molecule has 3 aromatic carbocycles. The van der Waals surface area contributed by atoms with E-state index in [0.29, 0.717) is 5.69 Å². The molecule has 1 heterocycles. The van der Waals surface area contributed by atoms with Crippen molar-refractivity contribution in [2.24, 2.45) is 0 Å². The molecule has 5 nitrogen and oxygen atoms in total. The summed E-state index contributed by atoms with van der Waals surface area (Å²) in [5.74, 6) is -0.564. The molecule has 0 fully saturated rings. The number of ether oxygens (including phenoxy) is 1. The first-order chi connectivity index (χ1) is 13.6. The Bertz CT molecular complexity index is 1040. The zero-order valence-corrected chi connectivity index (χ0v) is 16.4. The number of para-hydroxylation sites is 2. The third-order valence-corrected chi connectivity index (χ3v) is 5.72. The van der Waals surface area contributed by atoms with Gasteiger partial charge >= 0.3 is 12.0 Å². The molecule has 1 aliphatic rings. The van der Waals surface area contributed by atoms with E-state index in [1.807, 2.05) is 48.5 Å². The van der Waals surface area contributed by atoms with Gasteiger partial charge in [-0.05, 0) is 42.5 Å².